The Labute approximate surface area is 160 Å². The maximum Gasteiger partial charge on any atom is 0.191 e. The molecule has 3 aromatic rings. The summed E-state index contributed by atoms with van der Waals surface area (Å²) < 4.78 is 26.5. The van der Waals surface area contributed by atoms with Crippen LogP contribution in [0.2, 0.25) is 5.02 Å². The monoisotopic (exact) mass is 393 g/mol. The van der Waals surface area contributed by atoms with Crippen LogP contribution in [0.5, 0.6) is 11.5 Å². The predicted octanol–water partition coefficient (Wildman–Crippen LogP) is 4.49. The number of ether oxygens (including phenoxy) is 2. The fraction of sp³-hybridized carbons (Fsp3) is 0.222. The molecule has 5 nitrogen and oxygen atoms in total. The van der Waals surface area contributed by atoms with Crippen molar-refractivity contribution in [3.05, 3.63) is 64.7 Å². The molecule has 0 saturated heterocycles. The van der Waals surface area contributed by atoms with Gasteiger partial charge in [0, 0.05) is 23.4 Å². The standard InChI is InChI=1S/C18H17ClFN3O2S/c1-23-17(10-25-13-8-6-12(24-2)7-9-13)21-22-18(23)26-11-14-15(19)4-3-5-16(14)20/h3-9H,10-11H2,1-2H3. The molecule has 0 amide bonds. The van der Waals surface area contributed by atoms with E-state index in [4.69, 9.17) is 21.1 Å². The normalized spacial score (nSPS) is 10.8. The summed E-state index contributed by atoms with van der Waals surface area (Å²) in [4.78, 5) is 0. The van der Waals surface area contributed by atoms with Gasteiger partial charge in [-0.1, -0.05) is 29.4 Å². The average Bonchev–Trinajstić information content (AvgIpc) is 3.00. The van der Waals surface area contributed by atoms with Gasteiger partial charge in [0.25, 0.3) is 0 Å². The Kier molecular flexibility index (Phi) is 6.00. The SMILES string of the molecule is COc1ccc(OCc2nnc(SCc3c(F)cccc3Cl)n2C)cc1. The highest BCUT2D eigenvalue weighted by Crippen LogP contribution is 2.27. The van der Waals surface area contributed by atoms with Crippen molar-refractivity contribution in [2.45, 2.75) is 17.5 Å². The van der Waals surface area contributed by atoms with Crippen LogP contribution < -0.4 is 9.47 Å². The van der Waals surface area contributed by atoms with E-state index in [0.717, 1.165) is 5.75 Å². The Morgan fingerprint density at radius 1 is 1.12 bits per heavy atom. The largest absolute Gasteiger partial charge is 0.497 e. The van der Waals surface area contributed by atoms with Crippen LogP contribution in [0.3, 0.4) is 0 Å². The molecule has 0 atom stereocenters. The summed E-state index contributed by atoms with van der Waals surface area (Å²) >= 11 is 7.42. The second-order valence-electron chi connectivity index (χ2n) is 5.41. The zero-order valence-electron chi connectivity index (χ0n) is 14.3. The van der Waals surface area contributed by atoms with Crippen LogP contribution >= 0.6 is 23.4 Å². The number of benzene rings is 2. The Morgan fingerprint density at radius 2 is 1.85 bits per heavy atom. The quantitative estimate of drug-likeness (QED) is 0.553. The lowest BCUT2D eigenvalue weighted by atomic mass is 10.2. The van der Waals surface area contributed by atoms with E-state index in [1.54, 1.807) is 19.2 Å². The number of nitrogens with zero attached hydrogens (tertiary/aromatic N) is 3. The van der Waals surface area contributed by atoms with Crippen LogP contribution in [0.25, 0.3) is 0 Å². The Morgan fingerprint density at radius 3 is 2.54 bits per heavy atom. The van der Waals surface area contributed by atoms with Crippen molar-refractivity contribution >= 4 is 23.4 Å². The van der Waals surface area contributed by atoms with E-state index in [-0.39, 0.29) is 12.4 Å². The van der Waals surface area contributed by atoms with E-state index in [1.807, 2.05) is 35.9 Å². The first-order valence-corrected chi connectivity index (χ1v) is 9.15. The number of hydrogen-bond donors (Lipinski definition) is 0. The fourth-order valence-corrected chi connectivity index (χ4v) is 3.50. The molecule has 136 valence electrons. The van der Waals surface area contributed by atoms with Crippen LogP contribution in [-0.2, 0) is 19.4 Å². The first-order chi connectivity index (χ1) is 12.6. The summed E-state index contributed by atoms with van der Waals surface area (Å²) in [6, 6.07) is 12.0. The second kappa shape index (κ2) is 8.42. The number of aromatic nitrogens is 3. The van der Waals surface area contributed by atoms with E-state index in [1.165, 1.54) is 17.8 Å². The summed E-state index contributed by atoms with van der Waals surface area (Å²) in [5, 5.41) is 9.35. The van der Waals surface area contributed by atoms with Crippen molar-refractivity contribution in [2.24, 2.45) is 7.05 Å². The summed E-state index contributed by atoms with van der Waals surface area (Å²) in [5.74, 6) is 2.19. The fourth-order valence-electron chi connectivity index (χ4n) is 2.22. The number of halogens is 2. The lowest BCUT2D eigenvalue weighted by Gasteiger charge is -2.08. The van der Waals surface area contributed by atoms with E-state index < -0.39 is 0 Å². The van der Waals surface area contributed by atoms with Gasteiger partial charge in [-0.3, -0.25) is 0 Å². The Bertz CT molecular complexity index is 866. The summed E-state index contributed by atoms with van der Waals surface area (Å²) in [5.41, 5.74) is 0.457. The summed E-state index contributed by atoms with van der Waals surface area (Å²) in [7, 11) is 3.46. The van der Waals surface area contributed by atoms with Crippen molar-refractivity contribution in [2.75, 3.05) is 7.11 Å². The summed E-state index contributed by atoms with van der Waals surface area (Å²) in [6.07, 6.45) is 0. The topological polar surface area (TPSA) is 49.2 Å². The molecule has 1 aromatic heterocycles. The highest BCUT2D eigenvalue weighted by molar-refractivity contribution is 7.98. The van der Waals surface area contributed by atoms with Crippen molar-refractivity contribution < 1.29 is 13.9 Å². The van der Waals surface area contributed by atoms with Gasteiger partial charge in [0.05, 0.1) is 7.11 Å². The molecule has 0 spiro atoms. The molecule has 0 aliphatic heterocycles. The average molecular weight is 394 g/mol. The van der Waals surface area contributed by atoms with Crippen molar-refractivity contribution in [1.29, 1.82) is 0 Å². The third kappa shape index (κ3) is 4.28. The first kappa shape index (κ1) is 18.5. The predicted molar refractivity (Wildman–Crippen MR) is 99.3 cm³/mol. The van der Waals surface area contributed by atoms with Gasteiger partial charge in [0.15, 0.2) is 11.0 Å². The van der Waals surface area contributed by atoms with Gasteiger partial charge >= 0.3 is 0 Å². The van der Waals surface area contributed by atoms with E-state index in [0.29, 0.717) is 33.1 Å². The maximum atomic E-state index is 13.9. The van der Waals surface area contributed by atoms with Gasteiger partial charge in [-0.25, -0.2) is 4.39 Å². The molecule has 1 heterocycles. The van der Waals surface area contributed by atoms with Gasteiger partial charge in [0.2, 0.25) is 0 Å². The minimum Gasteiger partial charge on any atom is -0.497 e. The van der Waals surface area contributed by atoms with Gasteiger partial charge in [-0.2, -0.15) is 0 Å². The lowest BCUT2D eigenvalue weighted by Crippen LogP contribution is -2.04. The zero-order valence-corrected chi connectivity index (χ0v) is 15.9. The molecule has 0 saturated carbocycles. The number of methoxy groups -OCH3 is 1. The van der Waals surface area contributed by atoms with Gasteiger partial charge in [-0.15, -0.1) is 10.2 Å². The van der Waals surface area contributed by atoms with E-state index >= 15 is 0 Å². The minimum atomic E-state index is -0.324. The number of thioether (sulfide) groups is 1. The van der Waals surface area contributed by atoms with Crippen LogP contribution in [0, 0.1) is 5.82 Å². The van der Waals surface area contributed by atoms with E-state index in [9.17, 15) is 4.39 Å². The molecule has 26 heavy (non-hydrogen) atoms. The molecular formula is C18H17ClFN3O2S. The van der Waals surface area contributed by atoms with Crippen molar-refractivity contribution in [3.63, 3.8) is 0 Å². The molecule has 0 radical (unpaired) electrons. The van der Waals surface area contributed by atoms with Gasteiger partial charge in [0.1, 0.15) is 23.9 Å². The van der Waals surface area contributed by atoms with E-state index in [2.05, 4.69) is 10.2 Å². The molecular weight excluding hydrogens is 377 g/mol. The Balaban J connectivity index is 1.62. The smallest absolute Gasteiger partial charge is 0.191 e. The van der Waals surface area contributed by atoms with Crippen LogP contribution in [-0.4, -0.2) is 21.9 Å². The molecule has 0 N–H and O–H groups in total. The van der Waals surface area contributed by atoms with Crippen molar-refractivity contribution in [1.82, 2.24) is 14.8 Å². The molecule has 0 fully saturated rings. The maximum absolute atomic E-state index is 13.9. The zero-order chi connectivity index (χ0) is 18.5. The van der Waals surface area contributed by atoms with Crippen molar-refractivity contribution in [3.8, 4) is 11.5 Å². The minimum absolute atomic E-state index is 0.275. The van der Waals surface area contributed by atoms with Crippen LogP contribution in [0.1, 0.15) is 11.4 Å². The number of hydrogen-bond acceptors (Lipinski definition) is 5. The highest BCUT2D eigenvalue weighted by atomic mass is 35.5. The lowest BCUT2D eigenvalue weighted by molar-refractivity contribution is 0.290. The molecule has 3 rings (SSSR count). The summed E-state index contributed by atoms with van der Waals surface area (Å²) in [6.45, 7) is 0.275. The van der Waals surface area contributed by atoms with Gasteiger partial charge < -0.3 is 14.0 Å². The molecule has 0 unspecified atom stereocenters. The molecule has 8 heteroatoms. The molecule has 0 aliphatic rings. The van der Waals surface area contributed by atoms with Crippen LogP contribution in [0.4, 0.5) is 4.39 Å². The highest BCUT2D eigenvalue weighted by Gasteiger charge is 2.13. The van der Waals surface area contributed by atoms with Crippen LogP contribution in [0.15, 0.2) is 47.6 Å². The third-order valence-corrected chi connectivity index (χ3v) is 5.16. The molecule has 0 aliphatic carbocycles. The third-order valence-electron chi connectivity index (χ3n) is 3.76. The van der Waals surface area contributed by atoms with Gasteiger partial charge in [-0.05, 0) is 36.4 Å². The Hall–Kier alpha value is -2.25. The molecule has 2 aromatic carbocycles. The first-order valence-electron chi connectivity index (χ1n) is 7.79. The second-order valence-corrected chi connectivity index (χ2v) is 6.76. The molecule has 0 bridgehead atoms. The number of rotatable bonds is 7.